The van der Waals surface area contributed by atoms with Gasteiger partial charge in [-0.2, -0.15) is 0 Å². The molecular weight excluding hydrogens is 188 g/mol. The fourth-order valence-corrected chi connectivity index (χ4v) is 1.67. The molecule has 1 aliphatic rings. The quantitative estimate of drug-likeness (QED) is 0.791. The van der Waals surface area contributed by atoms with Crippen LogP contribution >= 0.6 is 11.6 Å². The van der Waals surface area contributed by atoms with Gasteiger partial charge in [0.05, 0.1) is 12.7 Å². The van der Waals surface area contributed by atoms with Crippen molar-refractivity contribution < 1.29 is 9.84 Å². The standard InChI is InChI=1S/C10H11ClO2/c1-13-7-2-3-9(11)8(6-7)10(12)4-5-10/h2-3,6,12H,4-5H2,1H3. The highest BCUT2D eigenvalue weighted by atomic mass is 35.5. The topological polar surface area (TPSA) is 29.5 Å². The highest BCUT2D eigenvalue weighted by Gasteiger charge is 2.43. The van der Waals surface area contributed by atoms with E-state index in [2.05, 4.69) is 0 Å². The van der Waals surface area contributed by atoms with Crippen molar-refractivity contribution in [2.24, 2.45) is 0 Å². The first-order valence-corrected chi connectivity index (χ1v) is 4.60. The van der Waals surface area contributed by atoms with Crippen molar-refractivity contribution in [3.05, 3.63) is 28.8 Å². The molecule has 1 saturated carbocycles. The molecule has 3 heteroatoms. The average Bonchev–Trinajstić information content (AvgIpc) is 2.86. The molecule has 2 nitrogen and oxygen atoms in total. The Morgan fingerprint density at radius 1 is 1.46 bits per heavy atom. The zero-order valence-corrected chi connectivity index (χ0v) is 8.14. The Kier molecular flexibility index (Phi) is 1.97. The van der Waals surface area contributed by atoms with Gasteiger partial charge in [-0.1, -0.05) is 11.6 Å². The van der Waals surface area contributed by atoms with Crippen LogP contribution in [-0.4, -0.2) is 12.2 Å². The van der Waals surface area contributed by atoms with Crippen LogP contribution in [0.2, 0.25) is 5.02 Å². The highest BCUT2D eigenvalue weighted by Crippen LogP contribution is 2.48. The molecule has 1 aromatic rings. The van der Waals surface area contributed by atoms with Gasteiger partial charge in [0.15, 0.2) is 0 Å². The molecule has 0 amide bonds. The van der Waals surface area contributed by atoms with Crippen molar-refractivity contribution in [1.82, 2.24) is 0 Å². The van der Waals surface area contributed by atoms with Gasteiger partial charge in [0.25, 0.3) is 0 Å². The Morgan fingerprint density at radius 2 is 2.15 bits per heavy atom. The van der Waals surface area contributed by atoms with Crippen LogP contribution in [0.4, 0.5) is 0 Å². The maximum absolute atomic E-state index is 9.86. The molecular formula is C10H11ClO2. The lowest BCUT2D eigenvalue weighted by Gasteiger charge is -2.11. The number of rotatable bonds is 2. The number of methoxy groups -OCH3 is 1. The number of hydrogen-bond donors (Lipinski definition) is 1. The van der Waals surface area contributed by atoms with Gasteiger partial charge in [0.1, 0.15) is 5.75 Å². The maximum Gasteiger partial charge on any atom is 0.119 e. The summed E-state index contributed by atoms with van der Waals surface area (Å²) >= 11 is 5.96. The Labute approximate surface area is 82.1 Å². The lowest BCUT2D eigenvalue weighted by molar-refractivity contribution is 0.151. The van der Waals surface area contributed by atoms with Gasteiger partial charge in [-0.3, -0.25) is 0 Å². The van der Waals surface area contributed by atoms with E-state index >= 15 is 0 Å². The Hall–Kier alpha value is -0.730. The van der Waals surface area contributed by atoms with Crippen LogP contribution in [0, 0.1) is 0 Å². The predicted octanol–water partition coefficient (Wildman–Crippen LogP) is 2.33. The second-order valence-corrected chi connectivity index (χ2v) is 3.78. The third-order valence-electron chi connectivity index (χ3n) is 2.40. The summed E-state index contributed by atoms with van der Waals surface area (Å²) in [6, 6.07) is 5.35. The van der Waals surface area contributed by atoms with E-state index in [1.54, 1.807) is 25.3 Å². The molecule has 0 atom stereocenters. The van der Waals surface area contributed by atoms with E-state index in [4.69, 9.17) is 16.3 Å². The molecule has 1 fully saturated rings. The molecule has 0 unspecified atom stereocenters. The number of ether oxygens (including phenoxy) is 1. The smallest absolute Gasteiger partial charge is 0.119 e. The van der Waals surface area contributed by atoms with E-state index in [1.165, 1.54) is 0 Å². The van der Waals surface area contributed by atoms with Gasteiger partial charge in [-0.15, -0.1) is 0 Å². The minimum atomic E-state index is -0.689. The predicted molar refractivity (Wildman–Crippen MR) is 51.1 cm³/mol. The van der Waals surface area contributed by atoms with Crippen LogP contribution < -0.4 is 4.74 Å². The molecule has 0 saturated heterocycles. The second-order valence-electron chi connectivity index (χ2n) is 3.38. The minimum absolute atomic E-state index is 0.612. The van der Waals surface area contributed by atoms with Crippen LogP contribution in [0.5, 0.6) is 5.75 Å². The van der Waals surface area contributed by atoms with Crippen LogP contribution in [0.25, 0.3) is 0 Å². The number of halogens is 1. The molecule has 0 aliphatic heterocycles. The summed E-state index contributed by atoms with van der Waals surface area (Å²) in [6.45, 7) is 0. The highest BCUT2D eigenvalue weighted by molar-refractivity contribution is 6.31. The van der Waals surface area contributed by atoms with Crippen LogP contribution in [-0.2, 0) is 5.60 Å². The van der Waals surface area contributed by atoms with Gasteiger partial charge in [-0.05, 0) is 31.0 Å². The van der Waals surface area contributed by atoms with E-state index in [1.807, 2.05) is 0 Å². The molecule has 0 radical (unpaired) electrons. The monoisotopic (exact) mass is 198 g/mol. The first kappa shape index (κ1) is 8.85. The van der Waals surface area contributed by atoms with Crippen molar-refractivity contribution in [3.63, 3.8) is 0 Å². The normalized spacial score (nSPS) is 18.4. The Morgan fingerprint density at radius 3 is 2.69 bits per heavy atom. The summed E-state index contributed by atoms with van der Waals surface area (Å²) in [5, 5.41) is 10.5. The van der Waals surface area contributed by atoms with Crippen LogP contribution in [0.3, 0.4) is 0 Å². The first-order chi connectivity index (χ1) is 6.15. The lowest BCUT2D eigenvalue weighted by atomic mass is 10.1. The molecule has 2 rings (SSSR count). The van der Waals surface area contributed by atoms with Crippen molar-refractivity contribution in [2.75, 3.05) is 7.11 Å². The molecule has 1 N–H and O–H groups in total. The Balaban J connectivity index is 2.43. The molecule has 70 valence electrons. The van der Waals surface area contributed by atoms with Gasteiger partial charge in [0, 0.05) is 10.6 Å². The van der Waals surface area contributed by atoms with Crippen molar-refractivity contribution >= 4 is 11.6 Å². The molecule has 0 spiro atoms. The summed E-state index contributed by atoms with van der Waals surface area (Å²) in [4.78, 5) is 0. The Bertz CT molecular complexity index is 332. The molecule has 0 bridgehead atoms. The van der Waals surface area contributed by atoms with Gasteiger partial charge in [-0.25, -0.2) is 0 Å². The summed E-state index contributed by atoms with van der Waals surface area (Å²) in [5.74, 6) is 0.736. The number of hydrogen-bond acceptors (Lipinski definition) is 2. The van der Waals surface area contributed by atoms with E-state index < -0.39 is 5.60 Å². The number of benzene rings is 1. The summed E-state index contributed by atoms with van der Waals surface area (Å²) in [7, 11) is 1.60. The number of aliphatic hydroxyl groups is 1. The van der Waals surface area contributed by atoms with E-state index in [0.717, 1.165) is 24.2 Å². The molecule has 1 aromatic carbocycles. The minimum Gasteiger partial charge on any atom is -0.497 e. The molecule has 1 aliphatic carbocycles. The average molecular weight is 199 g/mol. The van der Waals surface area contributed by atoms with E-state index in [-0.39, 0.29) is 0 Å². The molecule has 0 aromatic heterocycles. The summed E-state index contributed by atoms with van der Waals surface area (Å²) in [5.41, 5.74) is 0.0968. The first-order valence-electron chi connectivity index (χ1n) is 4.22. The lowest BCUT2D eigenvalue weighted by Crippen LogP contribution is -2.05. The van der Waals surface area contributed by atoms with Crippen molar-refractivity contribution in [3.8, 4) is 5.75 Å². The third-order valence-corrected chi connectivity index (χ3v) is 2.73. The van der Waals surface area contributed by atoms with Gasteiger partial charge >= 0.3 is 0 Å². The zero-order valence-electron chi connectivity index (χ0n) is 7.38. The van der Waals surface area contributed by atoms with Crippen LogP contribution in [0.1, 0.15) is 18.4 Å². The van der Waals surface area contributed by atoms with Crippen LogP contribution in [0.15, 0.2) is 18.2 Å². The SMILES string of the molecule is COc1ccc(Cl)c(C2(O)CC2)c1. The molecule has 13 heavy (non-hydrogen) atoms. The fourth-order valence-electron chi connectivity index (χ4n) is 1.38. The maximum atomic E-state index is 9.86. The second kappa shape index (κ2) is 2.89. The third kappa shape index (κ3) is 1.52. The fraction of sp³-hybridized carbons (Fsp3) is 0.400. The zero-order chi connectivity index (χ0) is 9.47. The van der Waals surface area contributed by atoms with Gasteiger partial charge in [0.2, 0.25) is 0 Å². The van der Waals surface area contributed by atoms with Crippen molar-refractivity contribution in [1.29, 1.82) is 0 Å². The summed E-state index contributed by atoms with van der Waals surface area (Å²) in [6.07, 6.45) is 1.58. The summed E-state index contributed by atoms with van der Waals surface area (Å²) < 4.78 is 5.06. The van der Waals surface area contributed by atoms with E-state index in [0.29, 0.717) is 5.02 Å². The largest absolute Gasteiger partial charge is 0.497 e. The molecule has 0 heterocycles. The van der Waals surface area contributed by atoms with Gasteiger partial charge < -0.3 is 9.84 Å². The van der Waals surface area contributed by atoms with E-state index in [9.17, 15) is 5.11 Å². The van der Waals surface area contributed by atoms with Crippen molar-refractivity contribution in [2.45, 2.75) is 18.4 Å².